The Morgan fingerprint density at radius 1 is 0.800 bits per heavy atom. The minimum atomic E-state index is -3.51. The largest absolute Gasteiger partial charge is 0.493 e. The van der Waals surface area contributed by atoms with E-state index in [-0.39, 0.29) is 0 Å². The zero-order chi connectivity index (χ0) is 20.6. The standard InChI is InChI=1S/C20H25N5O4S/c26-30(27,17-1-2-18-16(15-17)5-12-29-18)25-8-6-23(7-9-25)19-3-4-20(22-21-19)24-10-13-28-14-11-24/h1-4,15H,5-14H2. The third-order valence-electron chi connectivity index (χ3n) is 5.83. The van der Waals surface area contributed by atoms with Gasteiger partial charge in [-0.25, -0.2) is 8.42 Å². The zero-order valence-corrected chi connectivity index (χ0v) is 17.6. The van der Waals surface area contributed by atoms with Crippen LogP contribution in [-0.4, -0.2) is 82.0 Å². The normalized spacial score (nSPS) is 20.1. The highest BCUT2D eigenvalue weighted by Crippen LogP contribution is 2.29. The lowest BCUT2D eigenvalue weighted by molar-refractivity contribution is 0.122. The van der Waals surface area contributed by atoms with Crippen molar-refractivity contribution in [2.75, 3.05) is 68.9 Å². The first-order valence-corrected chi connectivity index (χ1v) is 11.7. The van der Waals surface area contributed by atoms with Gasteiger partial charge in [-0.15, -0.1) is 10.2 Å². The quantitative estimate of drug-likeness (QED) is 0.701. The number of rotatable bonds is 4. The number of aromatic nitrogens is 2. The number of sulfonamides is 1. The number of benzene rings is 1. The van der Waals surface area contributed by atoms with Crippen molar-refractivity contribution in [1.29, 1.82) is 0 Å². The number of fused-ring (bicyclic) bond motifs is 1. The molecule has 3 aliphatic heterocycles. The predicted molar refractivity (Wildman–Crippen MR) is 112 cm³/mol. The summed E-state index contributed by atoms with van der Waals surface area (Å²) in [5.41, 5.74) is 0.963. The molecule has 0 amide bonds. The summed E-state index contributed by atoms with van der Waals surface area (Å²) in [5, 5.41) is 8.74. The zero-order valence-electron chi connectivity index (χ0n) is 16.7. The Morgan fingerprint density at radius 2 is 1.47 bits per heavy atom. The Bertz CT molecular complexity index is 1000. The van der Waals surface area contributed by atoms with Crippen molar-refractivity contribution >= 4 is 21.7 Å². The summed E-state index contributed by atoms with van der Waals surface area (Å²) in [6.07, 6.45) is 0.756. The minimum absolute atomic E-state index is 0.342. The lowest BCUT2D eigenvalue weighted by Crippen LogP contribution is -2.49. The third-order valence-corrected chi connectivity index (χ3v) is 7.73. The Labute approximate surface area is 176 Å². The number of morpholine rings is 1. The van der Waals surface area contributed by atoms with Crippen molar-refractivity contribution in [1.82, 2.24) is 14.5 Å². The molecule has 1 aromatic carbocycles. The van der Waals surface area contributed by atoms with Crippen LogP contribution in [0.15, 0.2) is 35.2 Å². The van der Waals surface area contributed by atoms with Crippen LogP contribution in [0, 0.1) is 0 Å². The summed E-state index contributed by atoms with van der Waals surface area (Å²) < 4.78 is 38.6. The molecule has 0 N–H and O–H groups in total. The van der Waals surface area contributed by atoms with Gasteiger partial charge in [-0.1, -0.05) is 0 Å². The Morgan fingerprint density at radius 3 is 2.13 bits per heavy atom. The van der Waals surface area contributed by atoms with Gasteiger partial charge in [-0.05, 0) is 35.9 Å². The maximum Gasteiger partial charge on any atom is 0.243 e. The van der Waals surface area contributed by atoms with Crippen molar-refractivity contribution in [2.24, 2.45) is 0 Å². The Hall–Kier alpha value is -2.43. The molecule has 0 unspecified atom stereocenters. The molecule has 1 aromatic heterocycles. The molecule has 0 radical (unpaired) electrons. The summed E-state index contributed by atoms with van der Waals surface area (Å²) >= 11 is 0. The van der Waals surface area contributed by atoms with Gasteiger partial charge in [0.15, 0.2) is 11.6 Å². The van der Waals surface area contributed by atoms with Crippen molar-refractivity contribution < 1.29 is 17.9 Å². The average Bonchev–Trinajstić information content (AvgIpc) is 3.28. The monoisotopic (exact) mass is 431 g/mol. The summed E-state index contributed by atoms with van der Waals surface area (Å²) in [6, 6.07) is 9.09. The molecule has 0 spiro atoms. The summed E-state index contributed by atoms with van der Waals surface area (Å²) in [4.78, 5) is 4.58. The van der Waals surface area contributed by atoms with Gasteiger partial charge in [0.2, 0.25) is 10.0 Å². The van der Waals surface area contributed by atoms with Crippen LogP contribution in [0.2, 0.25) is 0 Å². The topological polar surface area (TPSA) is 88.1 Å². The van der Waals surface area contributed by atoms with Gasteiger partial charge >= 0.3 is 0 Å². The molecular weight excluding hydrogens is 406 g/mol. The van der Waals surface area contributed by atoms with Gasteiger partial charge in [-0.2, -0.15) is 4.31 Å². The second kappa shape index (κ2) is 8.01. The van der Waals surface area contributed by atoms with Crippen LogP contribution in [0.3, 0.4) is 0 Å². The van der Waals surface area contributed by atoms with Crippen molar-refractivity contribution in [3.63, 3.8) is 0 Å². The maximum absolute atomic E-state index is 13.1. The minimum Gasteiger partial charge on any atom is -0.493 e. The average molecular weight is 432 g/mol. The lowest BCUT2D eigenvalue weighted by Gasteiger charge is -2.34. The van der Waals surface area contributed by atoms with E-state index in [9.17, 15) is 8.42 Å². The molecule has 30 heavy (non-hydrogen) atoms. The highest BCUT2D eigenvalue weighted by Gasteiger charge is 2.30. The van der Waals surface area contributed by atoms with Gasteiger partial charge < -0.3 is 19.3 Å². The molecular formula is C20H25N5O4S. The number of nitrogens with zero attached hydrogens (tertiary/aromatic N) is 5. The number of hydrogen-bond donors (Lipinski definition) is 0. The van der Waals surface area contributed by atoms with Gasteiger partial charge in [0.1, 0.15) is 5.75 Å². The molecule has 2 saturated heterocycles. The summed E-state index contributed by atoms with van der Waals surface area (Å²) in [6.45, 7) is 5.67. The number of ether oxygens (including phenoxy) is 2. The lowest BCUT2D eigenvalue weighted by atomic mass is 10.2. The molecule has 0 aliphatic carbocycles. The van der Waals surface area contributed by atoms with Crippen LogP contribution < -0.4 is 14.5 Å². The first-order valence-electron chi connectivity index (χ1n) is 10.3. The second-order valence-corrected chi connectivity index (χ2v) is 9.55. The fourth-order valence-corrected chi connectivity index (χ4v) is 5.55. The molecule has 3 aliphatic rings. The fraction of sp³-hybridized carbons (Fsp3) is 0.500. The van der Waals surface area contributed by atoms with Gasteiger partial charge in [0, 0.05) is 45.7 Å². The van der Waals surface area contributed by atoms with Crippen LogP contribution in [-0.2, 0) is 21.2 Å². The Balaban J connectivity index is 1.23. The molecule has 9 nitrogen and oxygen atoms in total. The first-order chi connectivity index (χ1) is 14.6. The smallest absolute Gasteiger partial charge is 0.243 e. The molecule has 4 heterocycles. The van der Waals surface area contributed by atoms with Crippen LogP contribution in [0.5, 0.6) is 5.75 Å². The van der Waals surface area contributed by atoms with Crippen molar-refractivity contribution in [3.05, 3.63) is 35.9 Å². The predicted octanol–water partition coefficient (Wildman–Crippen LogP) is 0.759. The molecule has 2 fully saturated rings. The van der Waals surface area contributed by atoms with Crippen molar-refractivity contribution in [3.8, 4) is 5.75 Å². The Kier molecular flexibility index (Phi) is 5.21. The maximum atomic E-state index is 13.1. The van der Waals surface area contributed by atoms with Gasteiger partial charge in [-0.3, -0.25) is 0 Å². The fourth-order valence-electron chi connectivity index (χ4n) is 4.08. The molecule has 10 heteroatoms. The first kappa shape index (κ1) is 19.5. The van der Waals surface area contributed by atoms with Crippen molar-refractivity contribution in [2.45, 2.75) is 11.3 Å². The third kappa shape index (κ3) is 3.70. The van der Waals surface area contributed by atoms with E-state index in [1.165, 1.54) is 0 Å². The van der Waals surface area contributed by atoms with E-state index in [0.29, 0.717) is 50.9 Å². The molecule has 0 atom stereocenters. The van der Waals surface area contributed by atoms with Crippen LogP contribution in [0.1, 0.15) is 5.56 Å². The van der Waals surface area contributed by atoms with E-state index in [2.05, 4.69) is 20.0 Å². The van der Waals surface area contributed by atoms with Crippen LogP contribution >= 0.6 is 0 Å². The van der Waals surface area contributed by atoms with E-state index in [1.54, 1.807) is 22.5 Å². The number of hydrogen-bond acceptors (Lipinski definition) is 8. The molecule has 2 aromatic rings. The van der Waals surface area contributed by atoms with Gasteiger partial charge in [0.05, 0.1) is 24.7 Å². The SMILES string of the molecule is O=S(=O)(c1ccc2c(c1)CCO2)N1CCN(c2ccc(N3CCOCC3)nn2)CC1. The highest BCUT2D eigenvalue weighted by molar-refractivity contribution is 7.89. The van der Waals surface area contributed by atoms with Crippen LogP contribution in [0.25, 0.3) is 0 Å². The summed E-state index contributed by atoms with van der Waals surface area (Å²) in [5.74, 6) is 2.42. The van der Waals surface area contributed by atoms with Gasteiger partial charge in [0.25, 0.3) is 0 Å². The van der Waals surface area contributed by atoms with E-state index in [4.69, 9.17) is 9.47 Å². The summed E-state index contributed by atoms with van der Waals surface area (Å²) in [7, 11) is -3.51. The van der Waals surface area contributed by atoms with E-state index in [1.807, 2.05) is 12.1 Å². The van der Waals surface area contributed by atoms with E-state index in [0.717, 1.165) is 42.5 Å². The molecule has 5 rings (SSSR count). The number of anilines is 2. The second-order valence-electron chi connectivity index (χ2n) is 7.61. The molecule has 0 saturated carbocycles. The van der Waals surface area contributed by atoms with E-state index < -0.39 is 10.0 Å². The molecule has 0 bridgehead atoms. The highest BCUT2D eigenvalue weighted by atomic mass is 32.2. The van der Waals surface area contributed by atoms with Crippen LogP contribution in [0.4, 0.5) is 11.6 Å². The molecule has 160 valence electrons. The van der Waals surface area contributed by atoms with E-state index >= 15 is 0 Å². The number of piperazine rings is 1.